The first-order valence-electron chi connectivity index (χ1n) is 7.16. The first-order valence-corrected chi connectivity index (χ1v) is 7.16. The lowest BCUT2D eigenvalue weighted by Gasteiger charge is -2.23. The van der Waals surface area contributed by atoms with Crippen molar-refractivity contribution in [2.75, 3.05) is 24.6 Å². The molecular weight excluding hydrogens is 243 g/mol. The van der Waals surface area contributed by atoms with Gasteiger partial charge < -0.3 is 15.3 Å². The Morgan fingerprint density at radius 2 is 2.26 bits per heavy atom. The molecule has 4 heteroatoms. The number of hydrogen-bond acceptors (Lipinski definition) is 3. The van der Waals surface area contributed by atoms with Gasteiger partial charge in [-0.25, -0.2) is 4.39 Å². The van der Waals surface area contributed by atoms with Crippen LogP contribution in [0.25, 0.3) is 0 Å². The van der Waals surface area contributed by atoms with Crippen LogP contribution in [0.2, 0.25) is 0 Å². The SMILES string of the molecule is OCC(CCN1CCc2ccc(F)cc21)NC1CC1. The van der Waals surface area contributed by atoms with Crippen molar-refractivity contribution in [1.82, 2.24) is 5.32 Å². The lowest BCUT2D eigenvalue weighted by Crippen LogP contribution is -2.37. The highest BCUT2D eigenvalue weighted by Gasteiger charge is 2.25. The van der Waals surface area contributed by atoms with E-state index < -0.39 is 0 Å². The predicted octanol–water partition coefficient (Wildman–Crippen LogP) is 1.69. The number of aliphatic hydroxyl groups is 1. The Balaban J connectivity index is 1.57. The maximum atomic E-state index is 13.3. The molecule has 1 fully saturated rings. The van der Waals surface area contributed by atoms with Crippen molar-refractivity contribution < 1.29 is 9.50 Å². The van der Waals surface area contributed by atoms with Gasteiger partial charge in [-0.3, -0.25) is 0 Å². The van der Waals surface area contributed by atoms with Crippen LogP contribution in [0.1, 0.15) is 24.8 Å². The zero-order chi connectivity index (χ0) is 13.2. The smallest absolute Gasteiger partial charge is 0.125 e. The summed E-state index contributed by atoms with van der Waals surface area (Å²) in [4.78, 5) is 2.23. The van der Waals surface area contributed by atoms with Crippen LogP contribution in [-0.4, -0.2) is 36.9 Å². The number of hydrogen-bond donors (Lipinski definition) is 2. The highest BCUT2D eigenvalue weighted by Crippen LogP contribution is 2.29. The van der Waals surface area contributed by atoms with Crippen molar-refractivity contribution in [3.05, 3.63) is 29.6 Å². The molecule has 1 aromatic carbocycles. The molecule has 3 nitrogen and oxygen atoms in total. The lowest BCUT2D eigenvalue weighted by molar-refractivity contribution is 0.235. The summed E-state index contributed by atoms with van der Waals surface area (Å²) in [7, 11) is 0. The molecule has 3 rings (SSSR count). The van der Waals surface area contributed by atoms with E-state index in [2.05, 4.69) is 10.2 Å². The van der Waals surface area contributed by atoms with Gasteiger partial charge in [0.15, 0.2) is 0 Å². The molecule has 0 radical (unpaired) electrons. The molecule has 0 bridgehead atoms. The van der Waals surface area contributed by atoms with E-state index in [9.17, 15) is 9.50 Å². The molecule has 0 amide bonds. The molecule has 1 unspecified atom stereocenters. The summed E-state index contributed by atoms with van der Waals surface area (Å²) in [5.41, 5.74) is 2.26. The zero-order valence-corrected chi connectivity index (χ0v) is 11.1. The third kappa shape index (κ3) is 3.07. The van der Waals surface area contributed by atoms with Gasteiger partial charge in [-0.2, -0.15) is 0 Å². The standard InChI is InChI=1S/C15H21FN2O/c16-12-2-1-11-5-7-18(15(11)9-12)8-6-14(10-19)17-13-3-4-13/h1-2,9,13-14,17,19H,3-8,10H2. The maximum Gasteiger partial charge on any atom is 0.125 e. The molecule has 1 atom stereocenters. The molecule has 0 aromatic heterocycles. The van der Waals surface area contributed by atoms with E-state index >= 15 is 0 Å². The van der Waals surface area contributed by atoms with Gasteiger partial charge in [0, 0.05) is 30.9 Å². The van der Waals surface area contributed by atoms with Crippen LogP contribution >= 0.6 is 0 Å². The van der Waals surface area contributed by atoms with Crippen LogP contribution in [-0.2, 0) is 6.42 Å². The number of aliphatic hydroxyl groups excluding tert-OH is 1. The van der Waals surface area contributed by atoms with E-state index in [1.807, 2.05) is 6.07 Å². The molecule has 0 saturated heterocycles. The fourth-order valence-electron chi connectivity index (χ4n) is 2.77. The molecule has 2 aliphatic rings. The number of nitrogens with zero attached hydrogens (tertiary/aromatic N) is 1. The summed E-state index contributed by atoms with van der Waals surface area (Å²) in [5, 5.41) is 12.8. The topological polar surface area (TPSA) is 35.5 Å². The molecular formula is C15H21FN2O. The number of fused-ring (bicyclic) bond motifs is 1. The van der Waals surface area contributed by atoms with Crippen LogP contribution in [0.15, 0.2) is 18.2 Å². The van der Waals surface area contributed by atoms with Crippen LogP contribution in [0, 0.1) is 5.82 Å². The molecule has 0 spiro atoms. The van der Waals surface area contributed by atoms with Crippen molar-refractivity contribution >= 4 is 5.69 Å². The minimum atomic E-state index is -0.166. The molecule has 1 aromatic rings. The summed E-state index contributed by atoms with van der Waals surface area (Å²) < 4.78 is 13.3. The fourth-order valence-corrected chi connectivity index (χ4v) is 2.77. The second kappa shape index (κ2) is 5.47. The number of rotatable bonds is 6. The molecule has 104 valence electrons. The van der Waals surface area contributed by atoms with E-state index in [0.717, 1.165) is 31.6 Å². The lowest BCUT2D eigenvalue weighted by atomic mass is 10.1. The quantitative estimate of drug-likeness (QED) is 0.821. The van der Waals surface area contributed by atoms with Gasteiger partial charge in [0.2, 0.25) is 0 Å². The van der Waals surface area contributed by atoms with Crippen LogP contribution in [0.4, 0.5) is 10.1 Å². The highest BCUT2D eigenvalue weighted by molar-refractivity contribution is 5.58. The summed E-state index contributed by atoms with van der Waals surface area (Å²) >= 11 is 0. The van der Waals surface area contributed by atoms with Crippen molar-refractivity contribution in [1.29, 1.82) is 0 Å². The number of anilines is 1. The van der Waals surface area contributed by atoms with E-state index in [0.29, 0.717) is 6.04 Å². The average Bonchev–Trinajstić information content (AvgIpc) is 3.15. The van der Waals surface area contributed by atoms with Crippen molar-refractivity contribution in [2.24, 2.45) is 0 Å². The predicted molar refractivity (Wildman–Crippen MR) is 74.0 cm³/mol. The van der Waals surface area contributed by atoms with Crippen LogP contribution < -0.4 is 10.2 Å². The van der Waals surface area contributed by atoms with Gasteiger partial charge >= 0.3 is 0 Å². The van der Waals surface area contributed by atoms with Crippen molar-refractivity contribution in [3.63, 3.8) is 0 Å². The minimum Gasteiger partial charge on any atom is -0.395 e. The zero-order valence-electron chi connectivity index (χ0n) is 11.1. The Kier molecular flexibility index (Phi) is 3.71. The second-order valence-corrected chi connectivity index (χ2v) is 5.62. The third-order valence-electron chi connectivity index (χ3n) is 4.06. The molecule has 2 N–H and O–H groups in total. The Morgan fingerprint density at radius 3 is 3.00 bits per heavy atom. The maximum absolute atomic E-state index is 13.3. The number of benzene rings is 1. The largest absolute Gasteiger partial charge is 0.395 e. The second-order valence-electron chi connectivity index (χ2n) is 5.62. The summed E-state index contributed by atoms with van der Waals surface area (Å²) in [5.74, 6) is -0.166. The van der Waals surface area contributed by atoms with Crippen LogP contribution in [0.3, 0.4) is 0 Å². The molecule has 1 aliphatic heterocycles. The highest BCUT2D eigenvalue weighted by atomic mass is 19.1. The first kappa shape index (κ1) is 12.9. The van der Waals surface area contributed by atoms with Crippen molar-refractivity contribution in [3.8, 4) is 0 Å². The Morgan fingerprint density at radius 1 is 1.42 bits per heavy atom. The van der Waals surface area contributed by atoms with Gasteiger partial charge in [-0.05, 0) is 43.4 Å². The summed E-state index contributed by atoms with van der Waals surface area (Å²) in [6.45, 7) is 2.02. The number of halogens is 1. The average molecular weight is 264 g/mol. The third-order valence-corrected chi connectivity index (χ3v) is 4.06. The molecule has 1 saturated carbocycles. The fraction of sp³-hybridized carbons (Fsp3) is 0.600. The molecule has 19 heavy (non-hydrogen) atoms. The summed E-state index contributed by atoms with van der Waals surface area (Å²) in [6, 6.07) is 5.83. The Bertz CT molecular complexity index is 448. The van der Waals surface area contributed by atoms with Crippen molar-refractivity contribution in [2.45, 2.75) is 37.8 Å². The van der Waals surface area contributed by atoms with Gasteiger partial charge in [-0.15, -0.1) is 0 Å². The minimum absolute atomic E-state index is 0.166. The van der Waals surface area contributed by atoms with Crippen LogP contribution in [0.5, 0.6) is 0 Å². The van der Waals surface area contributed by atoms with Gasteiger partial charge in [0.25, 0.3) is 0 Å². The summed E-state index contributed by atoms with van der Waals surface area (Å²) in [6.07, 6.45) is 4.36. The molecule has 1 aliphatic carbocycles. The van der Waals surface area contributed by atoms with E-state index in [1.165, 1.54) is 24.5 Å². The van der Waals surface area contributed by atoms with Gasteiger partial charge in [0.05, 0.1) is 6.61 Å². The van der Waals surface area contributed by atoms with Gasteiger partial charge in [0.1, 0.15) is 5.82 Å². The normalized spacial score (nSPS) is 19.6. The monoisotopic (exact) mass is 264 g/mol. The Hall–Kier alpha value is -1.13. The first-order chi connectivity index (χ1) is 9.26. The van der Waals surface area contributed by atoms with E-state index in [-0.39, 0.29) is 18.5 Å². The Labute approximate surface area is 113 Å². The van der Waals surface area contributed by atoms with Gasteiger partial charge in [-0.1, -0.05) is 6.07 Å². The van der Waals surface area contributed by atoms with E-state index in [4.69, 9.17) is 0 Å². The number of nitrogens with one attached hydrogen (secondary N) is 1. The molecule has 1 heterocycles. The van der Waals surface area contributed by atoms with E-state index in [1.54, 1.807) is 6.07 Å².